The Labute approximate surface area is 146 Å². The third-order valence-corrected chi connectivity index (χ3v) is 4.60. The highest BCUT2D eigenvalue weighted by molar-refractivity contribution is 6.30. The Bertz CT molecular complexity index is 710. The zero-order chi connectivity index (χ0) is 17.1. The van der Waals surface area contributed by atoms with Crippen LogP contribution >= 0.6 is 11.6 Å². The number of hydrogen-bond donors (Lipinski definition) is 0. The Hall–Kier alpha value is -1.92. The van der Waals surface area contributed by atoms with Crippen LogP contribution in [0.2, 0.25) is 5.02 Å². The molecule has 7 heteroatoms. The van der Waals surface area contributed by atoms with E-state index in [1.807, 2.05) is 11.8 Å². The summed E-state index contributed by atoms with van der Waals surface area (Å²) in [4.78, 5) is 16.7. The van der Waals surface area contributed by atoms with Crippen LogP contribution in [0.25, 0.3) is 0 Å². The van der Waals surface area contributed by atoms with Gasteiger partial charge in [-0.05, 0) is 25.1 Å². The van der Waals surface area contributed by atoms with E-state index >= 15 is 0 Å². The zero-order valence-electron chi connectivity index (χ0n) is 13.9. The van der Waals surface area contributed by atoms with Crippen molar-refractivity contribution in [2.24, 2.45) is 0 Å². The van der Waals surface area contributed by atoms with Gasteiger partial charge in [0, 0.05) is 43.2 Å². The summed E-state index contributed by atoms with van der Waals surface area (Å²) in [6.07, 6.45) is 0.738. The van der Waals surface area contributed by atoms with Gasteiger partial charge in [0.05, 0.1) is 6.04 Å². The summed E-state index contributed by atoms with van der Waals surface area (Å²) in [6, 6.07) is 7.14. The van der Waals surface area contributed by atoms with E-state index in [1.54, 1.807) is 24.3 Å². The Morgan fingerprint density at radius 3 is 2.67 bits per heavy atom. The Morgan fingerprint density at radius 1 is 1.29 bits per heavy atom. The van der Waals surface area contributed by atoms with Crippen LogP contribution in [0.5, 0.6) is 0 Å². The van der Waals surface area contributed by atoms with Gasteiger partial charge in [0.2, 0.25) is 11.8 Å². The first-order valence-corrected chi connectivity index (χ1v) is 8.57. The summed E-state index contributed by atoms with van der Waals surface area (Å²) in [5, 5.41) is 8.72. The van der Waals surface area contributed by atoms with Crippen molar-refractivity contribution in [1.29, 1.82) is 0 Å². The molecule has 1 amide bonds. The van der Waals surface area contributed by atoms with Gasteiger partial charge in [0.25, 0.3) is 5.91 Å². The highest BCUT2D eigenvalue weighted by atomic mass is 35.5. The fourth-order valence-corrected chi connectivity index (χ4v) is 3.04. The van der Waals surface area contributed by atoms with Crippen molar-refractivity contribution in [1.82, 2.24) is 20.0 Å². The first kappa shape index (κ1) is 16.9. The van der Waals surface area contributed by atoms with E-state index in [2.05, 4.69) is 22.0 Å². The summed E-state index contributed by atoms with van der Waals surface area (Å²) in [5.41, 5.74) is 0.633. The van der Waals surface area contributed by atoms with E-state index in [0.717, 1.165) is 19.5 Å². The van der Waals surface area contributed by atoms with Crippen molar-refractivity contribution in [3.63, 3.8) is 0 Å². The first-order valence-electron chi connectivity index (χ1n) is 8.19. The number of amides is 1. The second-order valence-electron chi connectivity index (χ2n) is 5.90. The fraction of sp³-hybridized carbons (Fsp3) is 0.471. The summed E-state index contributed by atoms with van der Waals surface area (Å²) in [6.45, 7) is 6.94. The number of aromatic nitrogens is 2. The standard InChI is InChI=1S/C17H21ClN4O2/c1-3-15-19-20-16(24-15)12(2)21-7-9-22(10-8-21)17(23)13-5-4-6-14(18)11-13/h4-6,11-12H,3,7-10H2,1-2H3/t12-/m0/s1. The quantitative estimate of drug-likeness (QED) is 0.850. The molecule has 1 fully saturated rings. The lowest BCUT2D eigenvalue weighted by atomic mass is 10.1. The van der Waals surface area contributed by atoms with Gasteiger partial charge >= 0.3 is 0 Å². The second-order valence-corrected chi connectivity index (χ2v) is 6.34. The van der Waals surface area contributed by atoms with E-state index in [-0.39, 0.29) is 11.9 Å². The molecule has 1 aromatic carbocycles. The van der Waals surface area contributed by atoms with Crippen LogP contribution in [0.3, 0.4) is 0 Å². The normalized spacial score (nSPS) is 17.0. The lowest BCUT2D eigenvalue weighted by Gasteiger charge is -2.36. The molecule has 1 aliphatic rings. The molecule has 128 valence electrons. The minimum atomic E-state index is 0.0239. The lowest BCUT2D eigenvalue weighted by Crippen LogP contribution is -2.49. The number of carbonyl (C=O) groups excluding carboxylic acids is 1. The van der Waals surface area contributed by atoms with Gasteiger partial charge < -0.3 is 9.32 Å². The van der Waals surface area contributed by atoms with Crippen molar-refractivity contribution in [2.75, 3.05) is 26.2 Å². The molecule has 1 saturated heterocycles. The molecule has 0 bridgehead atoms. The zero-order valence-corrected chi connectivity index (χ0v) is 14.7. The minimum absolute atomic E-state index is 0.0239. The average Bonchev–Trinajstić information content (AvgIpc) is 3.10. The van der Waals surface area contributed by atoms with Crippen LogP contribution in [-0.4, -0.2) is 52.1 Å². The number of rotatable bonds is 4. The molecule has 0 radical (unpaired) electrons. The topological polar surface area (TPSA) is 62.5 Å². The molecular weight excluding hydrogens is 328 g/mol. The molecule has 1 atom stereocenters. The Kier molecular flexibility index (Phi) is 5.16. The summed E-state index contributed by atoms with van der Waals surface area (Å²) in [5.74, 6) is 1.32. The predicted octanol–water partition coefficient (Wildman–Crippen LogP) is 2.80. The maximum absolute atomic E-state index is 12.5. The summed E-state index contributed by atoms with van der Waals surface area (Å²) < 4.78 is 5.65. The van der Waals surface area contributed by atoms with E-state index < -0.39 is 0 Å². The molecule has 1 aromatic heterocycles. The van der Waals surface area contributed by atoms with Gasteiger partial charge in [-0.1, -0.05) is 24.6 Å². The number of carbonyl (C=O) groups is 1. The average molecular weight is 349 g/mol. The van der Waals surface area contributed by atoms with E-state index in [4.69, 9.17) is 16.0 Å². The number of aryl methyl sites for hydroxylation is 1. The van der Waals surface area contributed by atoms with Crippen LogP contribution in [0.1, 0.15) is 42.0 Å². The monoisotopic (exact) mass is 348 g/mol. The van der Waals surface area contributed by atoms with Crippen molar-refractivity contribution in [3.05, 3.63) is 46.6 Å². The van der Waals surface area contributed by atoms with E-state index in [9.17, 15) is 4.79 Å². The summed E-state index contributed by atoms with van der Waals surface area (Å²) >= 11 is 5.97. The minimum Gasteiger partial charge on any atom is -0.424 e. The van der Waals surface area contributed by atoms with Crippen LogP contribution < -0.4 is 0 Å². The smallest absolute Gasteiger partial charge is 0.253 e. The molecule has 0 aliphatic carbocycles. The maximum Gasteiger partial charge on any atom is 0.253 e. The van der Waals surface area contributed by atoms with Gasteiger partial charge in [0.15, 0.2) is 0 Å². The largest absolute Gasteiger partial charge is 0.424 e. The number of nitrogens with zero attached hydrogens (tertiary/aromatic N) is 4. The fourth-order valence-electron chi connectivity index (χ4n) is 2.85. The van der Waals surface area contributed by atoms with Crippen LogP contribution in [-0.2, 0) is 6.42 Å². The molecule has 2 heterocycles. The molecule has 0 N–H and O–H groups in total. The van der Waals surface area contributed by atoms with Crippen molar-refractivity contribution in [3.8, 4) is 0 Å². The Morgan fingerprint density at radius 2 is 2.04 bits per heavy atom. The molecule has 2 aromatic rings. The van der Waals surface area contributed by atoms with Crippen LogP contribution in [0.15, 0.2) is 28.7 Å². The number of halogens is 1. The molecular formula is C17H21ClN4O2. The van der Waals surface area contributed by atoms with Gasteiger partial charge in [-0.3, -0.25) is 9.69 Å². The maximum atomic E-state index is 12.5. The number of hydrogen-bond acceptors (Lipinski definition) is 5. The number of piperazine rings is 1. The predicted molar refractivity (Wildman–Crippen MR) is 91.0 cm³/mol. The van der Waals surface area contributed by atoms with Crippen LogP contribution in [0, 0.1) is 0 Å². The van der Waals surface area contributed by atoms with Gasteiger partial charge in [0.1, 0.15) is 0 Å². The molecule has 3 rings (SSSR count). The van der Waals surface area contributed by atoms with Crippen molar-refractivity contribution < 1.29 is 9.21 Å². The van der Waals surface area contributed by atoms with Crippen molar-refractivity contribution >= 4 is 17.5 Å². The van der Waals surface area contributed by atoms with Crippen LogP contribution in [0.4, 0.5) is 0 Å². The first-order chi connectivity index (χ1) is 11.6. The third kappa shape index (κ3) is 3.60. The molecule has 0 saturated carbocycles. The highest BCUT2D eigenvalue weighted by Crippen LogP contribution is 2.21. The number of benzene rings is 1. The second kappa shape index (κ2) is 7.32. The van der Waals surface area contributed by atoms with Gasteiger partial charge in [-0.15, -0.1) is 10.2 Å². The van der Waals surface area contributed by atoms with Gasteiger partial charge in [-0.25, -0.2) is 0 Å². The molecule has 0 unspecified atom stereocenters. The third-order valence-electron chi connectivity index (χ3n) is 4.36. The molecule has 1 aliphatic heterocycles. The lowest BCUT2D eigenvalue weighted by molar-refractivity contribution is 0.0557. The van der Waals surface area contributed by atoms with Crippen molar-refractivity contribution in [2.45, 2.75) is 26.3 Å². The summed E-state index contributed by atoms with van der Waals surface area (Å²) in [7, 11) is 0. The SMILES string of the molecule is CCc1nnc([C@H](C)N2CCN(C(=O)c3cccc(Cl)c3)CC2)o1. The van der Waals surface area contributed by atoms with E-state index in [1.165, 1.54) is 0 Å². The van der Waals surface area contributed by atoms with Gasteiger partial charge in [-0.2, -0.15) is 0 Å². The van der Waals surface area contributed by atoms with E-state index in [0.29, 0.717) is 35.5 Å². The molecule has 24 heavy (non-hydrogen) atoms. The Balaban J connectivity index is 1.60. The molecule has 0 spiro atoms. The molecule has 6 nitrogen and oxygen atoms in total. The highest BCUT2D eigenvalue weighted by Gasteiger charge is 2.27.